The van der Waals surface area contributed by atoms with Crippen molar-refractivity contribution < 1.29 is 0 Å². The Morgan fingerprint density at radius 3 is 1.91 bits per heavy atom. The van der Waals surface area contributed by atoms with Gasteiger partial charge in [-0.15, -0.1) is 22.7 Å². The molecule has 0 spiro atoms. The molecule has 0 fully saturated rings. The van der Waals surface area contributed by atoms with Crippen molar-refractivity contribution in [2.75, 3.05) is 0 Å². The standard InChI is InChI=1S/C28H20BrN3S2/c1-17-15-19(18(2)32(17)21-13-11-20(29)12-14-21)16-22(27-30-23-7-3-5-9-25(23)33-27)28-31-24-8-4-6-10-26(24)34-28/h3-16H,1-2H3. The molecule has 0 saturated heterocycles. The van der Waals surface area contributed by atoms with Gasteiger partial charge in [-0.1, -0.05) is 40.2 Å². The average Bonchev–Trinajstić information content (AvgIpc) is 3.53. The summed E-state index contributed by atoms with van der Waals surface area (Å²) in [5, 5.41) is 1.99. The van der Waals surface area contributed by atoms with Crippen LogP contribution in [0.5, 0.6) is 0 Å². The van der Waals surface area contributed by atoms with Crippen LogP contribution in [0.4, 0.5) is 0 Å². The Morgan fingerprint density at radius 2 is 1.35 bits per heavy atom. The van der Waals surface area contributed by atoms with Gasteiger partial charge in [0.2, 0.25) is 0 Å². The van der Waals surface area contributed by atoms with E-state index in [1.165, 1.54) is 26.4 Å². The number of thiazole rings is 2. The minimum Gasteiger partial charge on any atom is -0.318 e. The van der Waals surface area contributed by atoms with E-state index in [0.29, 0.717) is 0 Å². The van der Waals surface area contributed by atoms with E-state index in [-0.39, 0.29) is 0 Å². The summed E-state index contributed by atoms with van der Waals surface area (Å²) in [4.78, 5) is 9.97. The molecule has 0 atom stereocenters. The van der Waals surface area contributed by atoms with Gasteiger partial charge in [-0.05, 0) is 80.1 Å². The Hall–Kier alpha value is -3.06. The zero-order valence-corrected chi connectivity index (χ0v) is 21.8. The summed E-state index contributed by atoms with van der Waals surface area (Å²) in [6, 6.07) is 27.3. The van der Waals surface area contributed by atoms with Gasteiger partial charge in [0.1, 0.15) is 10.0 Å². The van der Waals surface area contributed by atoms with Gasteiger partial charge in [-0.2, -0.15) is 0 Å². The molecular formula is C28H20BrN3S2. The number of halogens is 1. The van der Waals surface area contributed by atoms with E-state index in [9.17, 15) is 0 Å². The number of para-hydroxylation sites is 2. The lowest BCUT2D eigenvalue weighted by atomic mass is 10.1. The highest BCUT2D eigenvalue weighted by Gasteiger charge is 2.18. The predicted molar refractivity (Wildman–Crippen MR) is 149 cm³/mol. The van der Waals surface area contributed by atoms with E-state index in [0.717, 1.165) is 36.8 Å². The molecule has 6 rings (SSSR count). The van der Waals surface area contributed by atoms with Crippen molar-refractivity contribution in [1.29, 1.82) is 0 Å². The van der Waals surface area contributed by atoms with E-state index in [1.54, 1.807) is 22.7 Å². The zero-order chi connectivity index (χ0) is 23.2. The molecule has 166 valence electrons. The maximum Gasteiger partial charge on any atom is 0.127 e. The minimum atomic E-state index is 0.994. The van der Waals surface area contributed by atoms with Gasteiger partial charge in [-0.3, -0.25) is 0 Å². The van der Waals surface area contributed by atoms with Gasteiger partial charge >= 0.3 is 0 Å². The van der Waals surface area contributed by atoms with E-state index in [4.69, 9.17) is 9.97 Å². The van der Waals surface area contributed by atoms with Crippen molar-refractivity contribution in [3.05, 3.63) is 110 Å². The monoisotopic (exact) mass is 541 g/mol. The lowest BCUT2D eigenvalue weighted by molar-refractivity contribution is 0.964. The topological polar surface area (TPSA) is 30.7 Å². The summed E-state index contributed by atoms with van der Waals surface area (Å²) >= 11 is 6.98. The van der Waals surface area contributed by atoms with Gasteiger partial charge in [0.15, 0.2) is 0 Å². The van der Waals surface area contributed by atoms with Crippen molar-refractivity contribution in [2.45, 2.75) is 13.8 Å². The highest BCUT2D eigenvalue weighted by molar-refractivity contribution is 9.10. The maximum atomic E-state index is 4.99. The molecule has 0 aliphatic carbocycles. The second-order valence-electron chi connectivity index (χ2n) is 8.17. The maximum absolute atomic E-state index is 4.99. The Balaban J connectivity index is 1.55. The highest BCUT2D eigenvalue weighted by Crippen LogP contribution is 2.37. The molecule has 0 bridgehead atoms. The molecule has 0 aliphatic rings. The molecule has 3 aromatic carbocycles. The second kappa shape index (κ2) is 8.62. The quantitative estimate of drug-likeness (QED) is 0.223. The number of rotatable bonds is 4. The van der Waals surface area contributed by atoms with Crippen LogP contribution in [-0.4, -0.2) is 14.5 Å². The Morgan fingerprint density at radius 1 is 0.794 bits per heavy atom. The first-order valence-corrected chi connectivity index (χ1v) is 13.4. The average molecular weight is 543 g/mol. The zero-order valence-electron chi connectivity index (χ0n) is 18.6. The molecule has 0 amide bonds. The van der Waals surface area contributed by atoms with E-state index in [2.05, 4.69) is 107 Å². The molecule has 3 aromatic heterocycles. The Kier molecular flexibility index (Phi) is 5.44. The molecule has 6 aromatic rings. The molecule has 0 radical (unpaired) electrons. The lowest BCUT2D eigenvalue weighted by Crippen LogP contribution is -1.98. The van der Waals surface area contributed by atoms with E-state index >= 15 is 0 Å². The lowest BCUT2D eigenvalue weighted by Gasteiger charge is -2.10. The third-order valence-electron chi connectivity index (χ3n) is 5.90. The van der Waals surface area contributed by atoms with Crippen molar-refractivity contribution >= 4 is 70.7 Å². The van der Waals surface area contributed by atoms with Gasteiger partial charge in [0, 0.05) is 27.1 Å². The van der Waals surface area contributed by atoms with E-state index in [1.807, 2.05) is 12.1 Å². The van der Waals surface area contributed by atoms with Crippen LogP contribution in [0.1, 0.15) is 27.0 Å². The highest BCUT2D eigenvalue weighted by atomic mass is 79.9. The molecule has 3 nitrogen and oxygen atoms in total. The SMILES string of the molecule is Cc1cc(C=C(c2nc3ccccc3s2)c2nc3ccccc3s2)c(C)n1-c1ccc(Br)cc1. The summed E-state index contributed by atoms with van der Waals surface area (Å²) in [5.41, 5.74) is 7.83. The predicted octanol–water partition coefficient (Wildman–Crippen LogP) is 8.66. The van der Waals surface area contributed by atoms with Crippen LogP contribution in [0, 0.1) is 13.8 Å². The number of benzene rings is 3. The third kappa shape index (κ3) is 3.82. The van der Waals surface area contributed by atoms with Crippen LogP contribution in [0.3, 0.4) is 0 Å². The summed E-state index contributed by atoms with van der Waals surface area (Å²) in [6.45, 7) is 4.33. The number of hydrogen-bond donors (Lipinski definition) is 0. The Bertz CT molecular complexity index is 1540. The molecule has 34 heavy (non-hydrogen) atoms. The molecule has 0 saturated carbocycles. The fourth-order valence-corrected chi connectivity index (χ4v) is 6.56. The summed E-state index contributed by atoms with van der Waals surface area (Å²) in [6.07, 6.45) is 2.26. The van der Waals surface area contributed by atoms with Crippen LogP contribution in [-0.2, 0) is 0 Å². The van der Waals surface area contributed by atoms with Crippen LogP contribution in [0.2, 0.25) is 0 Å². The van der Waals surface area contributed by atoms with Crippen LogP contribution >= 0.6 is 38.6 Å². The number of hydrogen-bond acceptors (Lipinski definition) is 4. The first-order chi connectivity index (χ1) is 16.6. The van der Waals surface area contributed by atoms with Crippen LogP contribution in [0.15, 0.2) is 83.3 Å². The van der Waals surface area contributed by atoms with Crippen molar-refractivity contribution in [1.82, 2.24) is 14.5 Å². The molecule has 0 aliphatic heterocycles. The van der Waals surface area contributed by atoms with Crippen LogP contribution in [0.25, 0.3) is 37.8 Å². The molecule has 0 N–H and O–H groups in total. The van der Waals surface area contributed by atoms with Gasteiger partial charge < -0.3 is 4.57 Å². The normalized spacial score (nSPS) is 11.4. The smallest absolute Gasteiger partial charge is 0.127 e. The molecule has 3 heterocycles. The fraction of sp³-hybridized carbons (Fsp3) is 0.0714. The summed E-state index contributed by atoms with van der Waals surface area (Å²) < 4.78 is 5.74. The van der Waals surface area contributed by atoms with E-state index < -0.39 is 0 Å². The minimum absolute atomic E-state index is 0.994. The number of aryl methyl sites for hydroxylation is 1. The van der Waals surface area contributed by atoms with Gasteiger partial charge in [-0.25, -0.2) is 9.97 Å². The first-order valence-electron chi connectivity index (χ1n) is 11.0. The van der Waals surface area contributed by atoms with Crippen molar-refractivity contribution in [3.8, 4) is 5.69 Å². The summed E-state index contributed by atoms with van der Waals surface area (Å²) in [7, 11) is 0. The first kappa shape index (κ1) is 21.5. The number of nitrogens with zero attached hydrogens (tertiary/aromatic N) is 3. The fourth-order valence-electron chi connectivity index (χ4n) is 4.27. The largest absolute Gasteiger partial charge is 0.318 e. The number of aromatic nitrogens is 3. The van der Waals surface area contributed by atoms with Crippen molar-refractivity contribution in [3.63, 3.8) is 0 Å². The molecular weight excluding hydrogens is 522 g/mol. The summed E-state index contributed by atoms with van der Waals surface area (Å²) in [5.74, 6) is 0. The molecule has 6 heteroatoms. The Labute approximate surface area is 214 Å². The van der Waals surface area contributed by atoms with Crippen LogP contribution < -0.4 is 0 Å². The molecule has 0 unspecified atom stereocenters. The number of fused-ring (bicyclic) bond motifs is 2. The van der Waals surface area contributed by atoms with Crippen molar-refractivity contribution in [2.24, 2.45) is 0 Å². The van der Waals surface area contributed by atoms with Gasteiger partial charge in [0.05, 0.1) is 20.4 Å². The van der Waals surface area contributed by atoms with Gasteiger partial charge in [0.25, 0.3) is 0 Å². The second-order valence-corrected chi connectivity index (χ2v) is 11.1. The third-order valence-corrected chi connectivity index (χ3v) is 8.57.